The van der Waals surface area contributed by atoms with Crippen molar-refractivity contribution in [1.29, 1.82) is 0 Å². The van der Waals surface area contributed by atoms with E-state index < -0.39 is 43.6 Å². The standard InChI is InChI=1S/C22H33N10O7P/c1-13-6-31(22(35)28-21(13)34)17-8-30(7-15(9-33)39-17)40(36,29(2)3)37-10-14-4-24-5-16(38-14)32-12-27-18-19(23)25-11-26-20(18)32/h6,11-12,14-17,24,33H,4-5,7-10H2,1-3H3,(H2,23,25,26)(H,28,34,35)/t14-,15-,16?,17+,40-/m0/s1. The van der Waals surface area contributed by atoms with Crippen molar-refractivity contribution in [3.05, 3.63) is 45.3 Å². The summed E-state index contributed by atoms with van der Waals surface area (Å²) in [4.78, 5) is 39.2. The predicted octanol–water partition coefficient (Wildman–Crippen LogP) is -1.37. The fourth-order valence-electron chi connectivity index (χ4n) is 4.72. The van der Waals surface area contributed by atoms with Gasteiger partial charge in [-0.1, -0.05) is 0 Å². The van der Waals surface area contributed by atoms with Gasteiger partial charge in [-0.15, -0.1) is 0 Å². The minimum atomic E-state index is -3.68. The third kappa shape index (κ3) is 5.46. The van der Waals surface area contributed by atoms with Gasteiger partial charge in [0.15, 0.2) is 17.7 Å². The van der Waals surface area contributed by atoms with E-state index in [1.807, 2.05) is 0 Å². The van der Waals surface area contributed by atoms with Crippen LogP contribution < -0.4 is 22.3 Å². The van der Waals surface area contributed by atoms with Crippen LogP contribution in [0.25, 0.3) is 11.2 Å². The van der Waals surface area contributed by atoms with Gasteiger partial charge in [-0.2, -0.15) is 0 Å². The molecule has 5 heterocycles. The van der Waals surface area contributed by atoms with Gasteiger partial charge < -0.3 is 30.2 Å². The summed E-state index contributed by atoms with van der Waals surface area (Å²) in [5.74, 6) is 0.267. The topological polar surface area (TPSA) is 208 Å². The highest BCUT2D eigenvalue weighted by Gasteiger charge is 2.43. The average Bonchev–Trinajstić information content (AvgIpc) is 3.39. The summed E-state index contributed by atoms with van der Waals surface area (Å²) in [6.07, 6.45) is 1.70. The maximum Gasteiger partial charge on any atom is 0.345 e. The number of nitrogens with one attached hydrogen (secondary N) is 2. The number of hydrogen-bond acceptors (Lipinski definition) is 12. The normalized spacial score (nSPS) is 25.8. The molecule has 0 amide bonds. The summed E-state index contributed by atoms with van der Waals surface area (Å²) in [7, 11) is -0.429. The van der Waals surface area contributed by atoms with Crippen LogP contribution in [0.15, 0.2) is 28.4 Å². The Morgan fingerprint density at radius 2 is 1.93 bits per heavy atom. The SMILES string of the molecule is Cc1cn([C@H]2CN([P@@](=O)(OC[C@@H]3CNCC(n4cnc5c(N)ncnc54)O3)N(C)C)C[C@@H](CO)O2)c(=O)[nH]c1=O. The highest BCUT2D eigenvalue weighted by Crippen LogP contribution is 2.54. The molecule has 0 saturated carbocycles. The highest BCUT2D eigenvalue weighted by molar-refractivity contribution is 7.53. The Bertz CT molecular complexity index is 1520. The van der Waals surface area contributed by atoms with E-state index in [1.54, 1.807) is 36.6 Å². The van der Waals surface area contributed by atoms with E-state index in [4.69, 9.17) is 19.7 Å². The van der Waals surface area contributed by atoms with Gasteiger partial charge in [0.2, 0.25) is 0 Å². The summed E-state index contributed by atoms with van der Waals surface area (Å²) in [6, 6.07) is 0. The van der Waals surface area contributed by atoms with Crippen LogP contribution in [0.5, 0.6) is 0 Å². The van der Waals surface area contributed by atoms with Crippen LogP contribution in [-0.4, -0.2) is 109 Å². The second-order valence-corrected chi connectivity index (χ2v) is 12.4. The second kappa shape index (κ2) is 11.5. The summed E-state index contributed by atoms with van der Waals surface area (Å²) < 4.78 is 38.5. The maximum absolute atomic E-state index is 14.3. The first-order valence-corrected chi connectivity index (χ1v) is 14.2. The third-order valence-corrected chi connectivity index (χ3v) is 9.36. The molecule has 17 nitrogen and oxygen atoms in total. The van der Waals surface area contributed by atoms with Crippen LogP contribution in [0.3, 0.4) is 0 Å². The number of aromatic amines is 1. The van der Waals surface area contributed by atoms with E-state index in [-0.39, 0.29) is 32.1 Å². The Morgan fingerprint density at radius 3 is 2.67 bits per heavy atom. The molecule has 5 N–H and O–H groups in total. The van der Waals surface area contributed by atoms with Crippen molar-refractivity contribution in [2.24, 2.45) is 0 Å². The van der Waals surface area contributed by atoms with Crippen LogP contribution in [-0.2, 0) is 18.6 Å². The van der Waals surface area contributed by atoms with Gasteiger partial charge in [0, 0.05) is 31.4 Å². The second-order valence-electron chi connectivity index (χ2n) is 9.83. The number of nitrogens with two attached hydrogens (primary N) is 1. The fourth-order valence-corrected chi connectivity index (χ4v) is 6.71. The number of fused-ring (bicyclic) bond motifs is 1. The quantitative estimate of drug-likeness (QED) is 0.227. The van der Waals surface area contributed by atoms with Crippen LogP contribution in [0.2, 0.25) is 0 Å². The predicted molar refractivity (Wildman–Crippen MR) is 142 cm³/mol. The lowest BCUT2D eigenvalue weighted by Gasteiger charge is -2.43. The van der Waals surface area contributed by atoms with Gasteiger partial charge in [0.25, 0.3) is 5.56 Å². The van der Waals surface area contributed by atoms with Crippen LogP contribution in [0.1, 0.15) is 18.0 Å². The number of rotatable bonds is 8. The molecule has 3 aromatic heterocycles. The zero-order valence-corrected chi connectivity index (χ0v) is 23.2. The number of aryl methyl sites for hydroxylation is 1. The van der Waals surface area contributed by atoms with Crippen molar-refractivity contribution in [3.8, 4) is 0 Å². The number of H-pyrrole nitrogens is 1. The summed E-state index contributed by atoms with van der Waals surface area (Å²) in [6.45, 7) is 2.19. The molecule has 5 rings (SSSR count). The smallest absolute Gasteiger partial charge is 0.345 e. The number of aliphatic hydroxyl groups is 1. The Labute approximate surface area is 228 Å². The lowest BCUT2D eigenvalue weighted by Crippen LogP contribution is -2.50. The number of ether oxygens (including phenoxy) is 2. The number of anilines is 1. The third-order valence-electron chi connectivity index (χ3n) is 6.82. The van der Waals surface area contributed by atoms with E-state index in [9.17, 15) is 19.3 Å². The van der Waals surface area contributed by atoms with Gasteiger partial charge in [0.05, 0.1) is 38.3 Å². The van der Waals surface area contributed by atoms with E-state index in [0.717, 1.165) is 0 Å². The number of nitrogen functional groups attached to an aromatic ring is 1. The monoisotopic (exact) mass is 580 g/mol. The van der Waals surface area contributed by atoms with E-state index >= 15 is 0 Å². The molecule has 3 aromatic rings. The largest absolute Gasteiger partial charge is 0.394 e. The molecule has 0 aliphatic carbocycles. The summed E-state index contributed by atoms with van der Waals surface area (Å²) >= 11 is 0. The van der Waals surface area contributed by atoms with Gasteiger partial charge in [0.1, 0.15) is 18.1 Å². The molecule has 0 bridgehead atoms. The first-order chi connectivity index (χ1) is 19.1. The average molecular weight is 581 g/mol. The minimum absolute atomic E-state index is 0.00585. The van der Waals surface area contributed by atoms with Gasteiger partial charge in [-0.25, -0.2) is 29.1 Å². The Hall–Kier alpha value is -3.02. The Kier molecular flexibility index (Phi) is 8.17. The van der Waals surface area contributed by atoms with Crippen molar-refractivity contribution >= 4 is 24.7 Å². The van der Waals surface area contributed by atoms with E-state index in [2.05, 4.69) is 25.3 Å². The van der Waals surface area contributed by atoms with Crippen molar-refractivity contribution < 1.29 is 23.7 Å². The number of aliphatic hydroxyl groups excluding tert-OH is 1. The van der Waals surface area contributed by atoms with Crippen LogP contribution >= 0.6 is 7.67 Å². The molecule has 0 aromatic carbocycles. The lowest BCUT2D eigenvalue weighted by atomic mass is 10.3. The van der Waals surface area contributed by atoms with Gasteiger partial charge in [-0.05, 0) is 21.0 Å². The number of nitrogens with zero attached hydrogens (tertiary/aromatic N) is 7. The molecular formula is C22H33N10O7P. The van der Waals surface area contributed by atoms with Gasteiger partial charge >= 0.3 is 13.4 Å². The zero-order chi connectivity index (χ0) is 28.6. The first kappa shape index (κ1) is 28.5. The molecule has 2 fully saturated rings. The Balaban J connectivity index is 1.33. The summed E-state index contributed by atoms with van der Waals surface area (Å²) in [5, 5.41) is 13.2. The Morgan fingerprint density at radius 1 is 1.15 bits per heavy atom. The van der Waals surface area contributed by atoms with Crippen molar-refractivity contribution in [3.63, 3.8) is 0 Å². The molecule has 40 heavy (non-hydrogen) atoms. The van der Waals surface area contributed by atoms with Crippen LogP contribution in [0, 0.1) is 6.92 Å². The van der Waals surface area contributed by atoms with Gasteiger partial charge in [-0.3, -0.25) is 23.5 Å². The minimum Gasteiger partial charge on any atom is -0.394 e. The molecule has 1 unspecified atom stereocenters. The van der Waals surface area contributed by atoms with Crippen molar-refractivity contribution in [2.75, 3.05) is 59.2 Å². The highest BCUT2D eigenvalue weighted by atomic mass is 31.2. The lowest BCUT2D eigenvalue weighted by molar-refractivity contribution is -0.124. The maximum atomic E-state index is 14.3. The molecule has 5 atom stereocenters. The molecule has 18 heteroatoms. The number of imidazole rings is 1. The zero-order valence-electron chi connectivity index (χ0n) is 22.3. The van der Waals surface area contributed by atoms with Crippen molar-refractivity contribution in [1.82, 2.24) is 43.7 Å². The molecule has 2 saturated heterocycles. The molecular weight excluding hydrogens is 547 g/mol. The van der Waals surface area contributed by atoms with Crippen LogP contribution in [0.4, 0.5) is 5.82 Å². The number of hydrogen-bond donors (Lipinski definition) is 4. The fraction of sp³-hybridized carbons (Fsp3) is 0.591. The first-order valence-electron chi connectivity index (χ1n) is 12.7. The molecule has 2 aliphatic heterocycles. The summed E-state index contributed by atoms with van der Waals surface area (Å²) in [5.41, 5.74) is 6.04. The van der Waals surface area contributed by atoms with E-state index in [1.165, 1.54) is 21.8 Å². The molecule has 2 aliphatic rings. The number of morpholine rings is 2. The molecule has 0 radical (unpaired) electrons. The molecule has 218 valence electrons. The number of aromatic nitrogens is 6. The van der Waals surface area contributed by atoms with E-state index in [0.29, 0.717) is 29.8 Å². The van der Waals surface area contributed by atoms with Crippen molar-refractivity contribution in [2.45, 2.75) is 31.6 Å². The molecule has 0 spiro atoms.